The first-order chi connectivity index (χ1) is 13.8. The standard InChI is InChI=1S/C21H26FN3O3S/c1-16-9-10-17(29(27,28)23-20-8-4-3-7-19(20)22)15-18(16)21(26)24(2)13-14-25-11-5-6-12-25/h3-4,7-10,15,23H,5-6,11-14H2,1-2H3. The fourth-order valence-corrected chi connectivity index (χ4v) is 4.44. The molecule has 6 nitrogen and oxygen atoms in total. The number of nitrogens with one attached hydrogen (secondary N) is 1. The van der Waals surface area contributed by atoms with Crippen LogP contribution in [0.1, 0.15) is 28.8 Å². The van der Waals surface area contributed by atoms with Gasteiger partial charge in [-0.3, -0.25) is 9.52 Å². The molecule has 0 aromatic heterocycles. The van der Waals surface area contributed by atoms with Crippen LogP contribution in [0.25, 0.3) is 0 Å². The van der Waals surface area contributed by atoms with Gasteiger partial charge in [0, 0.05) is 25.7 Å². The van der Waals surface area contributed by atoms with Crippen LogP contribution in [0.2, 0.25) is 0 Å². The van der Waals surface area contributed by atoms with Crippen molar-refractivity contribution in [2.24, 2.45) is 0 Å². The molecule has 1 aliphatic heterocycles. The van der Waals surface area contributed by atoms with E-state index in [1.165, 1.54) is 43.2 Å². The van der Waals surface area contributed by atoms with Crippen LogP contribution in [0, 0.1) is 12.7 Å². The van der Waals surface area contributed by atoms with Gasteiger partial charge in [-0.15, -0.1) is 0 Å². The average molecular weight is 420 g/mol. The highest BCUT2D eigenvalue weighted by atomic mass is 32.2. The average Bonchev–Trinajstić information content (AvgIpc) is 3.21. The molecule has 0 saturated carbocycles. The summed E-state index contributed by atoms with van der Waals surface area (Å²) in [5.41, 5.74) is 0.877. The van der Waals surface area contributed by atoms with Gasteiger partial charge in [0.2, 0.25) is 0 Å². The van der Waals surface area contributed by atoms with E-state index in [9.17, 15) is 17.6 Å². The Morgan fingerprint density at radius 3 is 2.55 bits per heavy atom. The molecule has 1 amide bonds. The van der Waals surface area contributed by atoms with Crippen molar-refractivity contribution >= 4 is 21.6 Å². The first-order valence-corrected chi connectivity index (χ1v) is 11.1. The number of likely N-dealkylation sites (tertiary alicyclic amines) is 1. The zero-order valence-electron chi connectivity index (χ0n) is 16.7. The number of carbonyl (C=O) groups is 1. The fourth-order valence-electron chi connectivity index (χ4n) is 3.35. The van der Waals surface area contributed by atoms with Gasteiger partial charge in [-0.2, -0.15) is 0 Å². The molecule has 0 radical (unpaired) electrons. The van der Waals surface area contributed by atoms with Gasteiger partial charge in [-0.05, 0) is 62.7 Å². The number of anilines is 1. The van der Waals surface area contributed by atoms with Crippen molar-refractivity contribution in [3.8, 4) is 0 Å². The summed E-state index contributed by atoms with van der Waals surface area (Å²) >= 11 is 0. The van der Waals surface area contributed by atoms with Gasteiger partial charge in [-0.1, -0.05) is 18.2 Å². The first-order valence-electron chi connectivity index (χ1n) is 9.64. The number of carbonyl (C=O) groups excluding carboxylic acids is 1. The third-order valence-corrected chi connectivity index (χ3v) is 6.53. The summed E-state index contributed by atoms with van der Waals surface area (Å²) in [6, 6.07) is 9.91. The van der Waals surface area contributed by atoms with E-state index in [2.05, 4.69) is 9.62 Å². The Morgan fingerprint density at radius 2 is 1.86 bits per heavy atom. The number of para-hydroxylation sites is 1. The van der Waals surface area contributed by atoms with Gasteiger partial charge in [0.05, 0.1) is 10.6 Å². The highest BCUT2D eigenvalue weighted by Gasteiger charge is 2.21. The lowest BCUT2D eigenvalue weighted by atomic mass is 10.1. The Morgan fingerprint density at radius 1 is 1.17 bits per heavy atom. The van der Waals surface area contributed by atoms with Gasteiger partial charge < -0.3 is 9.80 Å². The number of rotatable bonds is 7. The molecule has 0 spiro atoms. The summed E-state index contributed by atoms with van der Waals surface area (Å²) in [6.07, 6.45) is 2.37. The number of aryl methyl sites for hydroxylation is 1. The zero-order chi connectivity index (χ0) is 21.0. The largest absolute Gasteiger partial charge is 0.340 e. The molecule has 0 bridgehead atoms. The summed E-state index contributed by atoms with van der Waals surface area (Å²) < 4.78 is 41.5. The number of sulfonamides is 1. The molecule has 1 N–H and O–H groups in total. The highest BCUT2D eigenvalue weighted by molar-refractivity contribution is 7.92. The van der Waals surface area contributed by atoms with E-state index in [-0.39, 0.29) is 16.5 Å². The highest BCUT2D eigenvalue weighted by Crippen LogP contribution is 2.22. The molecule has 1 fully saturated rings. The molecule has 0 aliphatic carbocycles. The lowest BCUT2D eigenvalue weighted by Gasteiger charge is -2.22. The molecule has 2 aromatic rings. The van der Waals surface area contributed by atoms with Crippen molar-refractivity contribution in [1.82, 2.24) is 9.80 Å². The van der Waals surface area contributed by atoms with Crippen LogP contribution in [0.15, 0.2) is 47.4 Å². The van der Waals surface area contributed by atoms with Gasteiger partial charge in [0.1, 0.15) is 5.82 Å². The molecule has 1 heterocycles. The van der Waals surface area contributed by atoms with Crippen molar-refractivity contribution in [2.75, 3.05) is 37.9 Å². The van der Waals surface area contributed by atoms with Crippen LogP contribution in [-0.2, 0) is 10.0 Å². The molecular weight excluding hydrogens is 393 g/mol. The Labute approximate surface area is 171 Å². The summed E-state index contributed by atoms with van der Waals surface area (Å²) in [6.45, 7) is 5.24. The minimum Gasteiger partial charge on any atom is -0.340 e. The maximum Gasteiger partial charge on any atom is 0.262 e. The number of hydrogen-bond donors (Lipinski definition) is 1. The normalized spacial score (nSPS) is 14.7. The molecule has 0 unspecified atom stereocenters. The van der Waals surface area contributed by atoms with Gasteiger partial charge in [0.25, 0.3) is 15.9 Å². The van der Waals surface area contributed by atoms with E-state index in [1.807, 2.05) is 0 Å². The van der Waals surface area contributed by atoms with Crippen molar-refractivity contribution in [3.05, 3.63) is 59.4 Å². The second-order valence-electron chi connectivity index (χ2n) is 7.34. The molecular formula is C21H26FN3O3S. The number of halogens is 1. The monoisotopic (exact) mass is 419 g/mol. The molecule has 3 rings (SSSR count). The van der Waals surface area contributed by atoms with E-state index >= 15 is 0 Å². The predicted octanol–water partition coefficient (Wildman–Crippen LogP) is 3.10. The Kier molecular flexibility index (Phi) is 6.54. The number of benzene rings is 2. The van der Waals surface area contributed by atoms with Gasteiger partial charge in [-0.25, -0.2) is 12.8 Å². The maximum atomic E-state index is 13.8. The Hall–Kier alpha value is -2.45. The van der Waals surface area contributed by atoms with E-state index < -0.39 is 15.8 Å². The van der Waals surface area contributed by atoms with Crippen LogP contribution < -0.4 is 4.72 Å². The number of likely N-dealkylation sites (N-methyl/N-ethyl adjacent to an activating group) is 1. The fraction of sp³-hybridized carbons (Fsp3) is 0.381. The summed E-state index contributed by atoms with van der Waals surface area (Å²) in [5.74, 6) is -0.897. The van der Waals surface area contributed by atoms with Crippen molar-refractivity contribution in [3.63, 3.8) is 0 Å². The van der Waals surface area contributed by atoms with Crippen LogP contribution in [0.4, 0.5) is 10.1 Å². The zero-order valence-corrected chi connectivity index (χ0v) is 17.5. The maximum absolute atomic E-state index is 13.8. The topological polar surface area (TPSA) is 69.7 Å². The summed E-state index contributed by atoms with van der Waals surface area (Å²) in [4.78, 5) is 16.7. The van der Waals surface area contributed by atoms with Crippen LogP contribution >= 0.6 is 0 Å². The molecule has 2 aromatic carbocycles. The second-order valence-corrected chi connectivity index (χ2v) is 9.02. The minimum absolute atomic E-state index is 0.0809. The second kappa shape index (κ2) is 8.92. The summed E-state index contributed by atoms with van der Waals surface area (Å²) in [5, 5.41) is 0. The lowest BCUT2D eigenvalue weighted by molar-refractivity contribution is 0.0781. The van der Waals surface area contributed by atoms with E-state index in [0.717, 1.165) is 19.6 Å². The SMILES string of the molecule is Cc1ccc(S(=O)(=O)Nc2ccccc2F)cc1C(=O)N(C)CCN1CCCC1. The summed E-state index contributed by atoms with van der Waals surface area (Å²) in [7, 11) is -2.31. The Bertz CT molecular complexity index is 988. The molecule has 1 aliphatic rings. The molecule has 29 heavy (non-hydrogen) atoms. The Balaban J connectivity index is 1.77. The lowest BCUT2D eigenvalue weighted by Crippen LogP contribution is -2.35. The quantitative estimate of drug-likeness (QED) is 0.749. The number of amides is 1. The third-order valence-electron chi connectivity index (χ3n) is 5.16. The molecule has 0 atom stereocenters. The van der Waals surface area contributed by atoms with E-state index in [1.54, 1.807) is 31.0 Å². The number of nitrogens with zero attached hydrogens (tertiary/aromatic N) is 2. The van der Waals surface area contributed by atoms with Crippen LogP contribution in [0.5, 0.6) is 0 Å². The van der Waals surface area contributed by atoms with Crippen LogP contribution in [-0.4, -0.2) is 57.4 Å². The van der Waals surface area contributed by atoms with Gasteiger partial charge >= 0.3 is 0 Å². The molecule has 8 heteroatoms. The van der Waals surface area contributed by atoms with Crippen molar-refractivity contribution in [2.45, 2.75) is 24.7 Å². The van der Waals surface area contributed by atoms with Gasteiger partial charge in [0.15, 0.2) is 0 Å². The van der Waals surface area contributed by atoms with E-state index in [4.69, 9.17) is 0 Å². The minimum atomic E-state index is -4.03. The first kappa shape index (κ1) is 21.3. The van der Waals surface area contributed by atoms with E-state index in [0.29, 0.717) is 17.7 Å². The van der Waals surface area contributed by atoms with Crippen LogP contribution in [0.3, 0.4) is 0 Å². The molecule has 156 valence electrons. The smallest absolute Gasteiger partial charge is 0.262 e. The third kappa shape index (κ3) is 5.13. The predicted molar refractivity (Wildman–Crippen MR) is 111 cm³/mol. The van der Waals surface area contributed by atoms with Crippen molar-refractivity contribution in [1.29, 1.82) is 0 Å². The number of hydrogen-bond acceptors (Lipinski definition) is 4. The van der Waals surface area contributed by atoms with Crippen molar-refractivity contribution < 1.29 is 17.6 Å². The molecule has 1 saturated heterocycles.